The summed E-state index contributed by atoms with van der Waals surface area (Å²) in [6.45, 7) is 6.03. The lowest BCUT2D eigenvalue weighted by Crippen LogP contribution is -2.46. The highest BCUT2D eigenvalue weighted by molar-refractivity contribution is 5.97. The zero-order valence-electron chi connectivity index (χ0n) is 18.0. The van der Waals surface area contributed by atoms with Gasteiger partial charge < -0.3 is 14.7 Å². The molecule has 3 amide bonds. The average molecular weight is 412 g/mol. The largest absolute Gasteiger partial charge is 0.342 e. The molecule has 0 unspecified atom stereocenters. The SMILES string of the molecule is CC1CCN(C(=O)C2CCN(C(=O)c3ccc(N4CCCCC4=O)cc3)CC2)CC1. The van der Waals surface area contributed by atoms with Crippen LogP contribution in [0.4, 0.5) is 5.69 Å². The van der Waals surface area contributed by atoms with Gasteiger partial charge in [-0.2, -0.15) is 0 Å². The molecule has 3 aliphatic heterocycles. The summed E-state index contributed by atoms with van der Waals surface area (Å²) in [5.41, 5.74) is 1.52. The molecule has 0 N–H and O–H groups in total. The van der Waals surface area contributed by atoms with Crippen molar-refractivity contribution in [3.63, 3.8) is 0 Å². The van der Waals surface area contributed by atoms with Crippen LogP contribution in [0.3, 0.4) is 0 Å². The number of carbonyl (C=O) groups is 3. The van der Waals surface area contributed by atoms with Gasteiger partial charge in [0.15, 0.2) is 0 Å². The Bertz CT molecular complexity index is 775. The zero-order chi connectivity index (χ0) is 21.1. The van der Waals surface area contributed by atoms with Crippen LogP contribution in [0.2, 0.25) is 0 Å². The van der Waals surface area contributed by atoms with Gasteiger partial charge in [0, 0.05) is 56.3 Å². The molecule has 3 aliphatic rings. The van der Waals surface area contributed by atoms with Crippen LogP contribution in [-0.2, 0) is 9.59 Å². The van der Waals surface area contributed by atoms with Crippen molar-refractivity contribution in [2.24, 2.45) is 11.8 Å². The van der Waals surface area contributed by atoms with Gasteiger partial charge in [-0.15, -0.1) is 0 Å². The number of hydrogen-bond acceptors (Lipinski definition) is 3. The first-order chi connectivity index (χ1) is 14.5. The van der Waals surface area contributed by atoms with Crippen molar-refractivity contribution < 1.29 is 14.4 Å². The van der Waals surface area contributed by atoms with E-state index in [1.54, 1.807) is 0 Å². The Morgan fingerprint density at radius 2 is 1.47 bits per heavy atom. The standard InChI is InChI=1S/C24H33N3O3/c1-18-9-14-25(15-10-18)24(30)20-11-16-26(17-12-20)23(29)19-5-7-21(8-6-19)27-13-3-2-4-22(27)28/h5-8,18,20H,2-4,9-17H2,1H3. The van der Waals surface area contributed by atoms with E-state index < -0.39 is 0 Å². The summed E-state index contributed by atoms with van der Waals surface area (Å²) in [4.78, 5) is 43.5. The maximum Gasteiger partial charge on any atom is 0.253 e. The predicted molar refractivity (Wildman–Crippen MR) is 116 cm³/mol. The van der Waals surface area contributed by atoms with Crippen molar-refractivity contribution in [1.29, 1.82) is 0 Å². The summed E-state index contributed by atoms with van der Waals surface area (Å²) in [6.07, 6.45) is 6.28. The van der Waals surface area contributed by atoms with Crippen LogP contribution < -0.4 is 4.90 Å². The van der Waals surface area contributed by atoms with Gasteiger partial charge in [-0.05, 0) is 68.7 Å². The molecular formula is C24H33N3O3. The summed E-state index contributed by atoms with van der Waals surface area (Å²) in [6, 6.07) is 7.41. The third kappa shape index (κ3) is 4.52. The highest BCUT2D eigenvalue weighted by Gasteiger charge is 2.32. The fraction of sp³-hybridized carbons (Fsp3) is 0.625. The van der Waals surface area contributed by atoms with Gasteiger partial charge in [0.05, 0.1) is 0 Å². The van der Waals surface area contributed by atoms with E-state index in [0.29, 0.717) is 31.0 Å². The van der Waals surface area contributed by atoms with Crippen molar-refractivity contribution >= 4 is 23.4 Å². The second kappa shape index (κ2) is 9.19. The lowest BCUT2D eigenvalue weighted by Gasteiger charge is -2.36. The van der Waals surface area contributed by atoms with E-state index in [4.69, 9.17) is 0 Å². The molecule has 1 aromatic carbocycles. The molecule has 3 saturated heterocycles. The Balaban J connectivity index is 1.31. The Hall–Kier alpha value is -2.37. The predicted octanol–water partition coefficient (Wildman–Crippen LogP) is 3.31. The molecule has 3 heterocycles. The molecule has 6 heteroatoms. The molecule has 0 atom stereocenters. The molecule has 0 radical (unpaired) electrons. The van der Waals surface area contributed by atoms with Crippen molar-refractivity contribution in [2.45, 2.75) is 51.9 Å². The van der Waals surface area contributed by atoms with Gasteiger partial charge >= 0.3 is 0 Å². The third-order valence-electron chi connectivity index (χ3n) is 6.98. The molecule has 6 nitrogen and oxygen atoms in total. The van der Waals surface area contributed by atoms with Crippen LogP contribution in [0.5, 0.6) is 0 Å². The first-order valence-electron chi connectivity index (χ1n) is 11.5. The molecule has 4 rings (SSSR count). The minimum absolute atomic E-state index is 0.0178. The number of rotatable bonds is 3. The van der Waals surface area contributed by atoms with E-state index in [1.807, 2.05) is 39.0 Å². The molecule has 0 saturated carbocycles. The van der Waals surface area contributed by atoms with E-state index in [9.17, 15) is 14.4 Å². The summed E-state index contributed by atoms with van der Waals surface area (Å²) in [5.74, 6) is 1.23. The number of amides is 3. The molecule has 0 bridgehead atoms. The van der Waals surface area contributed by atoms with Crippen molar-refractivity contribution in [3.8, 4) is 0 Å². The number of piperidine rings is 3. The van der Waals surface area contributed by atoms with Gasteiger partial charge in [-0.25, -0.2) is 0 Å². The quantitative estimate of drug-likeness (QED) is 0.767. The van der Waals surface area contributed by atoms with Crippen LogP contribution in [0.25, 0.3) is 0 Å². The monoisotopic (exact) mass is 411 g/mol. The van der Waals surface area contributed by atoms with Crippen LogP contribution >= 0.6 is 0 Å². The second-order valence-corrected chi connectivity index (χ2v) is 9.12. The molecule has 0 spiro atoms. The molecule has 0 aliphatic carbocycles. The summed E-state index contributed by atoms with van der Waals surface area (Å²) in [5, 5.41) is 0. The smallest absolute Gasteiger partial charge is 0.253 e. The number of anilines is 1. The Kier molecular flexibility index (Phi) is 6.40. The molecule has 0 aromatic heterocycles. The zero-order valence-corrected chi connectivity index (χ0v) is 18.0. The number of carbonyl (C=O) groups excluding carboxylic acids is 3. The minimum atomic E-state index is 0.0178. The second-order valence-electron chi connectivity index (χ2n) is 9.12. The van der Waals surface area contributed by atoms with Gasteiger partial charge in [-0.3, -0.25) is 14.4 Å². The van der Waals surface area contributed by atoms with E-state index in [2.05, 4.69) is 6.92 Å². The highest BCUT2D eigenvalue weighted by atomic mass is 16.2. The minimum Gasteiger partial charge on any atom is -0.342 e. The van der Waals surface area contributed by atoms with Gasteiger partial charge in [-0.1, -0.05) is 6.92 Å². The third-order valence-corrected chi connectivity index (χ3v) is 6.98. The number of hydrogen-bond donors (Lipinski definition) is 0. The van der Waals surface area contributed by atoms with E-state index in [1.165, 1.54) is 0 Å². The van der Waals surface area contributed by atoms with E-state index >= 15 is 0 Å². The van der Waals surface area contributed by atoms with Crippen molar-refractivity contribution in [3.05, 3.63) is 29.8 Å². The summed E-state index contributed by atoms with van der Waals surface area (Å²) < 4.78 is 0. The van der Waals surface area contributed by atoms with Crippen LogP contribution in [0, 0.1) is 11.8 Å². The maximum absolute atomic E-state index is 12.9. The summed E-state index contributed by atoms with van der Waals surface area (Å²) >= 11 is 0. The normalized spacial score (nSPS) is 21.8. The Morgan fingerprint density at radius 3 is 2.10 bits per heavy atom. The molecule has 3 fully saturated rings. The van der Waals surface area contributed by atoms with E-state index in [-0.39, 0.29) is 23.6 Å². The van der Waals surface area contributed by atoms with Gasteiger partial charge in [0.2, 0.25) is 11.8 Å². The molecule has 30 heavy (non-hydrogen) atoms. The Morgan fingerprint density at radius 1 is 0.833 bits per heavy atom. The van der Waals surface area contributed by atoms with Crippen LogP contribution in [0.15, 0.2) is 24.3 Å². The molecule has 1 aromatic rings. The van der Waals surface area contributed by atoms with Gasteiger partial charge in [0.1, 0.15) is 0 Å². The molecule has 162 valence electrons. The topological polar surface area (TPSA) is 60.9 Å². The lowest BCUT2D eigenvalue weighted by molar-refractivity contribution is -0.138. The maximum atomic E-state index is 12.9. The first-order valence-corrected chi connectivity index (χ1v) is 11.5. The van der Waals surface area contributed by atoms with Crippen molar-refractivity contribution in [1.82, 2.24) is 9.80 Å². The fourth-order valence-electron chi connectivity index (χ4n) is 4.86. The number of benzene rings is 1. The first kappa shape index (κ1) is 20.9. The number of likely N-dealkylation sites (tertiary alicyclic amines) is 2. The Labute approximate surface area is 179 Å². The average Bonchev–Trinajstić information content (AvgIpc) is 2.79. The lowest BCUT2D eigenvalue weighted by atomic mass is 9.92. The van der Waals surface area contributed by atoms with Crippen LogP contribution in [-0.4, -0.2) is 60.2 Å². The fourth-order valence-corrected chi connectivity index (χ4v) is 4.86. The number of nitrogens with zero attached hydrogens (tertiary/aromatic N) is 3. The highest BCUT2D eigenvalue weighted by Crippen LogP contribution is 2.26. The molecular weight excluding hydrogens is 378 g/mol. The van der Waals surface area contributed by atoms with Gasteiger partial charge in [0.25, 0.3) is 5.91 Å². The van der Waals surface area contributed by atoms with E-state index in [0.717, 1.165) is 63.8 Å². The van der Waals surface area contributed by atoms with Crippen molar-refractivity contribution in [2.75, 3.05) is 37.6 Å². The summed E-state index contributed by atoms with van der Waals surface area (Å²) in [7, 11) is 0. The van der Waals surface area contributed by atoms with Crippen LogP contribution in [0.1, 0.15) is 62.2 Å².